The van der Waals surface area contributed by atoms with E-state index in [0.29, 0.717) is 63.1 Å². The first-order chi connectivity index (χ1) is 32.8. The summed E-state index contributed by atoms with van der Waals surface area (Å²) in [5.41, 5.74) is 7.42. The van der Waals surface area contributed by atoms with Gasteiger partial charge in [0.25, 0.3) is 6.43 Å². The van der Waals surface area contributed by atoms with E-state index >= 15 is 0 Å². The molecule has 5 aliphatic heterocycles. The Balaban J connectivity index is 0.740. The number of benzene rings is 2. The van der Waals surface area contributed by atoms with Gasteiger partial charge in [0.05, 0.1) is 23.6 Å². The van der Waals surface area contributed by atoms with Gasteiger partial charge in [0, 0.05) is 134 Å². The highest BCUT2D eigenvalue weighted by molar-refractivity contribution is 6.00. The van der Waals surface area contributed by atoms with Crippen LogP contribution in [0.5, 0.6) is 0 Å². The summed E-state index contributed by atoms with van der Waals surface area (Å²) < 4.78 is 36.6. The van der Waals surface area contributed by atoms with Crippen LogP contribution in [0.3, 0.4) is 0 Å². The number of nitrogens with one attached hydrogen (secondary N) is 1. The first kappa shape index (κ1) is 45.6. The molecule has 3 saturated heterocycles. The number of imide groups is 1. The number of hydrogen-bond donors (Lipinski definition) is 1. The molecule has 3 aromatic heterocycles. The topological polar surface area (TPSA) is 146 Å². The van der Waals surface area contributed by atoms with Gasteiger partial charge in [-0.15, -0.1) is 0 Å². The second-order valence-corrected chi connectivity index (χ2v) is 19.4. The Morgan fingerprint density at radius 1 is 0.853 bits per heavy atom. The van der Waals surface area contributed by atoms with Crippen LogP contribution in [0.2, 0.25) is 0 Å². The molecular weight excluding hydrogens is 873 g/mol. The normalized spacial score (nSPS) is 19.8. The van der Waals surface area contributed by atoms with E-state index in [1.165, 1.54) is 4.57 Å². The number of likely N-dealkylation sites (tertiary alicyclic amines) is 1. The average Bonchev–Trinajstić information content (AvgIpc) is 4.01. The fourth-order valence-corrected chi connectivity index (χ4v) is 11.3. The smallest absolute Gasteiger partial charge is 0.329 e. The highest BCUT2D eigenvalue weighted by Gasteiger charge is 2.36. The molecule has 1 N–H and O–H groups in total. The molecule has 1 atom stereocenters. The monoisotopic (exact) mass is 933 g/mol. The molecule has 0 bridgehead atoms. The maximum atomic E-state index is 14.8. The van der Waals surface area contributed by atoms with Crippen LogP contribution in [0.15, 0.2) is 53.6 Å². The molecule has 10 rings (SSSR count). The van der Waals surface area contributed by atoms with E-state index in [-0.39, 0.29) is 41.4 Å². The van der Waals surface area contributed by atoms with Crippen molar-refractivity contribution in [1.29, 1.82) is 0 Å². The lowest BCUT2D eigenvalue weighted by molar-refractivity contribution is -0.136. The Kier molecular flexibility index (Phi) is 12.6. The Morgan fingerprint density at radius 2 is 1.63 bits per heavy atom. The molecule has 0 radical (unpaired) electrons. The number of rotatable bonds is 11. The maximum Gasteiger partial charge on any atom is 0.329 e. The van der Waals surface area contributed by atoms with Gasteiger partial charge in [0.2, 0.25) is 23.6 Å². The second-order valence-electron chi connectivity index (χ2n) is 19.4. The molecule has 8 heterocycles. The van der Waals surface area contributed by atoms with E-state index in [1.54, 1.807) is 24.6 Å². The predicted molar refractivity (Wildman–Crippen MR) is 253 cm³/mol. The summed E-state index contributed by atoms with van der Waals surface area (Å²) in [5, 5.41) is 7.66. The van der Waals surface area contributed by atoms with Crippen LogP contribution in [-0.2, 0) is 59.2 Å². The summed E-state index contributed by atoms with van der Waals surface area (Å²) in [4.78, 5) is 74.6. The minimum Gasteiger partial charge on any atom is -0.357 e. The Labute approximate surface area is 394 Å². The number of piperazine rings is 1. The third-order valence-corrected chi connectivity index (χ3v) is 15.1. The van der Waals surface area contributed by atoms with E-state index in [1.807, 2.05) is 64.1 Å². The number of hydrogen-bond acceptors (Lipinski definition) is 9. The molecule has 5 aromatic rings. The van der Waals surface area contributed by atoms with Crippen molar-refractivity contribution >= 4 is 46.2 Å². The molecule has 0 spiro atoms. The first-order valence-corrected chi connectivity index (χ1v) is 24.3. The number of piperidine rings is 2. The molecule has 4 amide bonds. The van der Waals surface area contributed by atoms with Gasteiger partial charge in [-0.05, 0) is 97.7 Å². The number of imidazole rings is 1. The number of anilines is 2. The first-order valence-electron chi connectivity index (χ1n) is 24.3. The number of aromatic nitrogens is 5. The van der Waals surface area contributed by atoms with Crippen LogP contribution < -0.4 is 15.9 Å². The van der Waals surface area contributed by atoms with Gasteiger partial charge in [-0.1, -0.05) is 6.07 Å². The van der Waals surface area contributed by atoms with E-state index < -0.39 is 18.4 Å². The van der Waals surface area contributed by atoms with Crippen LogP contribution in [0.25, 0.3) is 22.2 Å². The number of carbonyl (C=O) groups is 4. The van der Waals surface area contributed by atoms with Crippen molar-refractivity contribution in [3.8, 4) is 11.1 Å². The molecular formula is C50H61F2N11O5. The molecule has 2 aromatic carbocycles. The summed E-state index contributed by atoms with van der Waals surface area (Å²) in [6.45, 7) is 9.68. The zero-order chi connectivity index (χ0) is 47.4. The SMILES string of the molecule is CC(=O)N1CCc2c(c(N3CCCc4cc(-c5ccn(C)c5)c(C(F)F)cc43)nn2C2CCN(C(=O)CCCN3CCN(Cc4ccc5c(c4)n(C)c(=O)n5C4CCC(=O)NC4=O)CC3)CC2)C1. The number of amides is 4. The molecule has 0 saturated carbocycles. The fourth-order valence-electron chi connectivity index (χ4n) is 11.3. The summed E-state index contributed by atoms with van der Waals surface area (Å²) in [7, 11) is 3.60. The lowest BCUT2D eigenvalue weighted by Gasteiger charge is -2.35. The van der Waals surface area contributed by atoms with Gasteiger partial charge in [0.15, 0.2) is 5.82 Å². The Hall–Kier alpha value is -6.14. The van der Waals surface area contributed by atoms with Crippen molar-refractivity contribution in [3.05, 3.63) is 87.2 Å². The second kappa shape index (κ2) is 18.7. The third-order valence-electron chi connectivity index (χ3n) is 15.1. The van der Waals surface area contributed by atoms with E-state index in [9.17, 15) is 32.8 Å². The maximum absolute atomic E-state index is 14.8. The standard InChI is InChI=1S/C50H61F2N11O5/c1-32(64)60-21-15-40-39(31-60)48(61-17-4-6-34-27-37(35-12-18-55(2)30-35)38(47(51)52)28-43(34)61)54-63(40)36-13-19-59(20-14-36)46(66)7-5-16-57-22-24-58(25-23-57)29-33-8-9-41-44(26-33)56(3)50(68)62(41)42-10-11-45(65)53-49(42)67/h8-9,12,18,26-28,30,36,42,47H,4-7,10-11,13-17,19-25,29,31H2,1-3H3,(H,53,65,67). The highest BCUT2D eigenvalue weighted by atomic mass is 19.3. The summed E-state index contributed by atoms with van der Waals surface area (Å²) in [6, 6.07) is 10.8. The molecule has 360 valence electrons. The number of fused-ring (bicyclic) bond motifs is 3. The van der Waals surface area contributed by atoms with E-state index in [2.05, 4.69) is 24.7 Å². The van der Waals surface area contributed by atoms with Crippen LogP contribution in [-0.4, -0.2) is 126 Å². The van der Waals surface area contributed by atoms with Gasteiger partial charge in [-0.25, -0.2) is 13.6 Å². The van der Waals surface area contributed by atoms with Gasteiger partial charge >= 0.3 is 5.69 Å². The summed E-state index contributed by atoms with van der Waals surface area (Å²) in [5.74, 6) is 0.162. The molecule has 1 unspecified atom stereocenters. The minimum atomic E-state index is -2.65. The van der Waals surface area contributed by atoms with Crippen molar-refractivity contribution in [2.24, 2.45) is 14.1 Å². The zero-order valence-electron chi connectivity index (χ0n) is 39.3. The van der Waals surface area contributed by atoms with Crippen molar-refractivity contribution in [1.82, 2.24) is 48.4 Å². The zero-order valence-corrected chi connectivity index (χ0v) is 39.3. The van der Waals surface area contributed by atoms with E-state index in [0.717, 1.165) is 116 Å². The van der Waals surface area contributed by atoms with Crippen molar-refractivity contribution in [3.63, 3.8) is 0 Å². The van der Waals surface area contributed by atoms with Crippen LogP contribution >= 0.6 is 0 Å². The molecule has 68 heavy (non-hydrogen) atoms. The summed E-state index contributed by atoms with van der Waals surface area (Å²) in [6.07, 6.45) is 6.68. The third kappa shape index (κ3) is 8.76. The molecule has 0 aliphatic carbocycles. The molecule has 16 nitrogen and oxygen atoms in total. The molecule has 5 aliphatic rings. The van der Waals surface area contributed by atoms with Gasteiger partial charge in [-0.3, -0.25) is 43.2 Å². The summed E-state index contributed by atoms with van der Waals surface area (Å²) >= 11 is 0. The van der Waals surface area contributed by atoms with E-state index in [4.69, 9.17) is 5.10 Å². The minimum absolute atomic E-state index is 0.00100. The van der Waals surface area contributed by atoms with Gasteiger partial charge in [-0.2, -0.15) is 5.10 Å². The Morgan fingerprint density at radius 3 is 2.35 bits per heavy atom. The lowest BCUT2D eigenvalue weighted by Crippen LogP contribution is -2.46. The van der Waals surface area contributed by atoms with Gasteiger partial charge in [0.1, 0.15) is 6.04 Å². The predicted octanol–water partition coefficient (Wildman–Crippen LogP) is 5.21. The van der Waals surface area contributed by atoms with Crippen LogP contribution in [0, 0.1) is 0 Å². The van der Waals surface area contributed by atoms with Crippen molar-refractivity contribution in [2.75, 3.05) is 63.8 Å². The molecule has 18 heteroatoms. The number of alkyl halides is 2. The fraction of sp³-hybridized carbons (Fsp3) is 0.520. The largest absolute Gasteiger partial charge is 0.357 e. The lowest BCUT2D eigenvalue weighted by atomic mass is 9.92. The van der Waals surface area contributed by atoms with Crippen molar-refractivity contribution < 1.29 is 28.0 Å². The highest BCUT2D eigenvalue weighted by Crippen LogP contribution is 2.44. The van der Waals surface area contributed by atoms with Crippen LogP contribution in [0.1, 0.15) is 98.3 Å². The number of aryl methyl sites for hydroxylation is 3. The number of nitrogens with zero attached hydrogens (tertiary/aromatic N) is 10. The number of carbonyl (C=O) groups excluding carboxylic acids is 4. The molecule has 3 fully saturated rings. The van der Waals surface area contributed by atoms with Crippen molar-refractivity contribution in [2.45, 2.75) is 96.3 Å². The number of halogens is 2. The van der Waals surface area contributed by atoms with Crippen LogP contribution in [0.4, 0.5) is 20.3 Å². The van der Waals surface area contributed by atoms with Gasteiger partial charge < -0.3 is 24.2 Å². The quantitative estimate of drug-likeness (QED) is 0.177. The Bertz CT molecular complexity index is 2830. The average molecular weight is 934 g/mol.